The lowest BCUT2D eigenvalue weighted by atomic mass is 10.0. The largest absolute Gasteiger partial charge is 0.508 e. The lowest BCUT2D eigenvalue weighted by molar-refractivity contribution is -0.145. The second-order valence-electron chi connectivity index (χ2n) is 13.5. The van der Waals surface area contributed by atoms with Crippen molar-refractivity contribution in [1.82, 2.24) is 31.9 Å². The number of aromatic hydroxyl groups is 1. The molecule has 17 N–H and O–H groups in total. The van der Waals surface area contributed by atoms with Gasteiger partial charge < -0.3 is 79.1 Å². The van der Waals surface area contributed by atoms with E-state index in [1.165, 1.54) is 24.3 Å². The Morgan fingerprint density at radius 1 is 0.452 bits per heavy atom. The number of aliphatic carboxylic acids is 6. The number of phenolic OH excluding ortho intramolecular Hbond substituents is 1. The second kappa shape index (κ2) is 25.9. The first kappa shape index (κ1) is 52.6. The predicted molar refractivity (Wildman–Crippen MR) is 203 cm³/mol. The Labute approximate surface area is 349 Å². The van der Waals surface area contributed by atoms with Gasteiger partial charge in [-0.25, -0.2) is 4.79 Å². The zero-order valence-electron chi connectivity index (χ0n) is 32.6. The van der Waals surface area contributed by atoms with E-state index in [0.29, 0.717) is 6.42 Å². The zero-order chi connectivity index (χ0) is 47.3. The topological polar surface area (TPSA) is 471 Å². The van der Waals surface area contributed by atoms with Gasteiger partial charge in [0.2, 0.25) is 35.4 Å². The molecule has 0 bridgehead atoms. The number of nitrogens with two attached hydrogens (primary N) is 2. The summed E-state index contributed by atoms with van der Waals surface area (Å²) in [6.45, 7) is 0.185. The highest BCUT2D eigenvalue weighted by Crippen LogP contribution is 2.13. The van der Waals surface area contributed by atoms with Crippen LogP contribution in [0.5, 0.6) is 5.75 Å². The fourth-order valence-electron chi connectivity index (χ4n) is 5.28. The molecule has 1 aromatic rings. The van der Waals surface area contributed by atoms with E-state index in [0.717, 1.165) is 0 Å². The van der Waals surface area contributed by atoms with Gasteiger partial charge >= 0.3 is 35.8 Å². The Hall–Kier alpha value is -7.42. The molecule has 27 nitrogen and oxygen atoms in total. The van der Waals surface area contributed by atoms with Crippen LogP contribution in [0.2, 0.25) is 0 Å². The maximum absolute atomic E-state index is 13.5. The van der Waals surface area contributed by atoms with Crippen molar-refractivity contribution in [3.63, 3.8) is 0 Å². The Kier molecular flexibility index (Phi) is 22.0. The molecule has 27 heteroatoms. The molecular weight excluding hydrogens is 836 g/mol. The number of phenols is 1. The van der Waals surface area contributed by atoms with Gasteiger partial charge in [-0.05, 0) is 43.5 Å². The van der Waals surface area contributed by atoms with Gasteiger partial charge in [-0.1, -0.05) is 12.1 Å². The Bertz CT molecular complexity index is 1840. The van der Waals surface area contributed by atoms with E-state index in [1.807, 2.05) is 26.6 Å². The minimum atomic E-state index is -2.26. The van der Waals surface area contributed by atoms with E-state index < -0.39 is 152 Å². The molecule has 0 aromatic heterocycles. The maximum Gasteiger partial charge on any atom is 0.326 e. The van der Waals surface area contributed by atoms with Crippen LogP contribution in [0.25, 0.3) is 0 Å². The molecule has 0 fully saturated rings. The van der Waals surface area contributed by atoms with Gasteiger partial charge in [0.15, 0.2) is 0 Å². The first-order valence-corrected chi connectivity index (χ1v) is 18.3. The number of carboxylic acid groups (broad SMARTS) is 6. The van der Waals surface area contributed by atoms with Crippen LogP contribution in [0, 0.1) is 0 Å². The summed E-state index contributed by atoms with van der Waals surface area (Å²) < 4.78 is 0. The van der Waals surface area contributed by atoms with Crippen LogP contribution < -0.4 is 43.4 Å². The summed E-state index contributed by atoms with van der Waals surface area (Å²) in [5.41, 5.74) is 11.2. The minimum absolute atomic E-state index is 0.155. The molecule has 0 aliphatic heterocycles. The van der Waals surface area contributed by atoms with E-state index in [4.69, 9.17) is 16.6 Å². The molecule has 0 radical (unpaired) electrons. The van der Waals surface area contributed by atoms with Gasteiger partial charge in [-0.15, -0.1) is 0 Å². The summed E-state index contributed by atoms with van der Waals surface area (Å²) in [6.07, 6.45) is -5.92. The van der Waals surface area contributed by atoms with Crippen LogP contribution in [-0.4, -0.2) is 156 Å². The summed E-state index contributed by atoms with van der Waals surface area (Å²) in [5, 5.41) is 77.8. The highest BCUT2D eigenvalue weighted by Gasteiger charge is 2.36. The summed E-state index contributed by atoms with van der Waals surface area (Å²) >= 11 is 0. The maximum atomic E-state index is 13.5. The normalized spacial score (nSPS) is 14.1. The van der Waals surface area contributed by atoms with Crippen LogP contribution in [0.3, 0.4) is 0 Å². The van der Waals surface area contributed by atoms with Gasteiger partial charge in [0.05, 0.1) is 38.1 Å². The second-order valence-corrected chi connectivity index (χ2v) is 13.5. The van der Waals surface area contributed by atoms with E-state index in [2.05, 4.69) is 5.32 Å². The molecule has 0 heterocycles. The number of benzene rings is 1. The summed E-state index contributed by atoms with van der Waals surface area (Å²) in [7, 11) is 0. The molecule has 0 spiro atoms. The molecule has 342 valence electrons. The molecule has 62 heavy (non-hydrogen) atoms. The molecule has 0 saturated carbocycles. The van der Waals surface area contributed by atoms with Crippen LogP contribution in [0.15, 0.2) is 24.3 Å². The molecule has 7 atom stereocenters. The third kappa shape index (κ3) is 20.0. The Morgan fingerprint density at radius 2 is 0.774 bits per heavy atom. The lowest BCUT2D eigenvalue weighted by Gasteiger charge is -2.26. The van der Waals surface area contributed by atoms with Crippen LogP contribution in [0.1, 0.15) is 56.9 Å². The van der Waals surface area contributed by atoms with E-state index >= 15 is 0 Å². The average Bonchev–Trinajstić information content (AvgIpc) is 3.15. The fourth-order valence-corrected chi connectivity index (χ4v) is 5.28. The van der Waals surface area contributed by atoms with Gasteiger partial charge in [-0.2, -0.15) is 0 Å². The van der Waals surface area contributed by atoms with E-state index in [1.54, 1.807) is 0 Å². The number of carbonyl (C=O) groups is 12. The number of carbonyl (C=O) groups excluding carboxylic acids is 6. The van der Waals surface area contributed by atoms with Crippen molar-refractivity contribution >= 4 is 71.3 Å². The number of carboxylic acids is 6. The summed E-state index contributed by atoms with van der Waals surface area (Å²) in [4.78, 5) is 149. The van der Waals surface area contributed by atoms with Gasteiger partial charge in [0.25, 0.3) is 0 Å². The molecular formula is C35H48N8O19. The lowest BCUT2D eigenvalue weighted by Crippen LogP contribution is -2.60. The fraction of sp³-hybridized carbons (Fsp3) is 0.486. The SMILES string of the molecule is NCCCCC(NC(=O)C(CC(=O)O)NC(=O)C(CC(=O)O)NC(=O)C(CC(=O)O)NC(=O)C(CC(=O)O)NC(=O)C(Cc1ccc(O)cc1)NC(=O)C(N)CC(=O)O)C(=O)O. The third-order valence-corrected chi connectivity index (χ3v) is 8.35. The first-order valence-electron chi connectivity index (χ1n) is 18.3. The van der Waals surface area contributed by atoms with E-state index in [-0.39, 0.29) is 30.7 Å². The molecule has 1 rings (SSSR count). The van der Waals surface area contributed by atoms with Gasteiger partial charge in [-0.3, -0.25) is 52.7 Å². The summed E-state index contributed by atoms with van der Waals surface area (Å²) in [5.74, 6) is -18.7. The number of amides is 6. The zero-order valence-corrected chi connectivity index (χ0v) is 32.6. The van der Waals surface area contributed by atoms with Crippen molar-refractivity contribution in [1.29, 1.82) is 0 Å². The first-order chi connectivity index (χ1) is 28.9. The standard InChI is InChI=1S/C35H48N8O19/c36-8-2-1-3-18(35(61)62)38-31(57)20(11-25(47)48)41-33(59)22(13-27(51)52)43-34(60)23(14-28(53)54)42-32(58)21(12-26(49)50)40-30(56)19(9-15-4-6-16(44)7-5-15)39-29(55)17(37)10-24(45)46/h4-7,17-23,44H,1-3,8-14,36-37H2,(H,38,57)(H,39,55)(H,40,56)(H,41,59)(H,42,58)(H,43,60)(H,45,46)(H,47,48)(H,49,50)(H,51,52)(H,53,54)(H,61,62). The number of rotatable bonds is 29. The summed E-state index contributed by atoms with van der Waals surface area (Å²) in [6, 6.07) is -8.64. The predicted octanol–water partition coefficient (Wildman–Crippen LogP) is -5.24. The average molecular weight is 885 g/mol. The minimum Gasteiger partial charge on any atom is -0.508 e. The number of unbranched alkanes of at least 4 members (excludes halogenated alkanes) is 1. The van der Waals surface area contributed by atoms with Crippen LogP contribution in [-0.2, 0) is 64.0 Å². The molecule has 0 saturated heterocycles. The number of nitrogens with one attached hydrogen (secondary N) is 6. The smallest absolute Gasteiger partial charge is 0.326 e. The van der Waals surface area contributed by atoms with Crippen LogP contribution >= 0.6 is 0 Å². The van der Waals surface area contributed by atoms with Crippen molar-refractivity contribution in [3.05, 3.63) is 29.8 Å². The van der Waals surface area contributed by atoms with Crippen molar-refractivity contribution in [3.8, 4) is 5.75 Å². The van der Waals surface area contributed by atoms with Crippen molar-refractivity contribution in [2.75, 3.05) is 6.54 Å². The van der Waals surface area contributed by atoms with Gasteiger partial charge in [0, 0.05) is 6.42 Å². The number of hydrogen-bond acceptors (Lipinski definition) is 15. The quantitative estimate of drug-likeness (QED) is 0.0334. The highest BCUT2D eigenvalue weighted by molar-refractivity contribution is 6.00. The highest BCUT2D eigenvalue weighted by atomic mass is 16.4. The van der Waals surface area contributed by atoms with Crippen LogP contribution in [0.4, 0.5) is 0 Å². The molecule has 7 unspecified atom stereocenters. The molecule has 0 aliphatic rings. The third-order valence-electron chi connectivity index (χ3n) is 8.35. The Balaban J connectivity index is 3.41. The molecule has 6 amide bonds. The van der Waals surface area contributed by atoms with Gasteiger partial charge in [0.1, 0.15) is 42.0 Å². The van der Waals surface area contributed by atoms with Crippen molar-refractivity contribution < 1.29 is 93.3 Å². The van der Waals surface area contributed by atoms with Crippen molar-refractivity contribution in [2.45, 2.75) is 100 Å². The van der Waals surface area contributed by atoms with Crippen molar-refractivity contribution in [2.24, 2.45) is 11.5 Å². The molecule has 1 aromatic carbocycles. The van der Waals surface area contributed by atoms with E-state index in [9.17, 15) is 88.2 Å². The number of hydrogen-bond donors (Lipinski definition) is 15. The molecule has 0 aliphatic carbocycles. The monoisotopic (exact) mass is 884 g/mol. The Morgan fingerprint density at radius 3 is 1.10 bits per heavy atom.